The molecule has 1 amide bonds. The Morgan fingerprint density at radius 3 is 2.94 bits per heavy atom. The van der Waals surface area contributed by atoms with Crippen LogP contribution in [0.25, 0.3) is 0 Å². The zero-order chi connectivity index (χ0) is 13.1. The maximum absolute atomic E-state index is 12.2. The van der Waals surface area contributed by atoms with Crippen molar-refractivity contribution in [1.82, 2.24) is 9.88 Å². The summed E-state index contributed by atoms with van der Waals surface area (Å²) < 4.78 is 0. The number of amides is 1. The quantitative estimate of drug-likeness (QED) is 0.941. The summed E-state index contributed by atoms with van der Waals surface area (Å²) in [5.74, 6) is 0.0465. The lowest BCUT2D eigenvalue weighted by molar-refractivity contribution is 0.0780. The molecule has 0 bridgehead atoms. The summed E-state index contributed by atoms with van der Waals surface area (Å²) in [6, 6.07) is 5.12. The van der Waals surface area contributed by atoms with Gasteiger partial charge in [-0.1, -0.05) is 11.6 Å². The van der Waals surface area contributed by atoms with Crippen molar-refractivity contribution >= 4 is 34.7 Å². The fourth-order valence-corrected chi connectivity index (χ4v) is 2.36. The van der Waals surface area contributed by atoms with Gasteiger partial charge in [-0.3, -0.25) is 4.79 Å². The van der Waals surface area contributed by atoms with Crippen molar-refractivity contribution in [2.24, 2.45) is 0 Å². The third-order valence-electron chi connectivity index (χ3n) is 2.42. The molecule has 18 heavy (non-hydrogen) atoms. The van der Waals surface area contributed by atoms with Gasteiger partial charge in [-0.05, 0) is 34.5 Å². The van der Waals surface area contributed by atoms with Gasteiger partial charge in [0.05, 0.1) is 5.02 Å². The molecular weight excluding hydrogens is 270 g/mol. The molecule has 0 saturated carbocycles. The van der Waals surface area contributed by atoms with Gasteiger partial charge < -0.3 is 10.6 Å². The molecule has 0 spiro atoms. The first-order valence-corrected chi connectivity index (χ1v) is 6.58. The van der Waals surface area contributed by atoms with Crippen molar-refractivity contribution in [2.75, 3.05) is 12.8 Å². The standard InChI is InChI=1S/C12H12ClN3OS/c1-16(6-8-4-5-18-7-8)12(17)11-9(13)2-3-10(14)15-11/h2-5,7H,6H2,1H3,(H2,14,15). The Morgan fingerprint density at radius 1 is 1.50 bits per heavy atom. The van der Waals surface area contributed by atoms with Gasteiger partial charge in [0.25, 0.3) is 5.91 Å². The number of nitrogens with zero attached hydrogens (tertiary/aromatic N) is 2. The van der Waals surface area contributed by atoms with Gasteiger partial charge in [0.1, 0.15) is 11.5 Å². The minimum Gasteiger partial charge on any atom is -0.384 e. The highest BCUT2D eigenvalue weighted by Crippen LogP contribution is 2.18. The van der Waals surface area contributed by atoms with Gasteiger partial charge in [-0.15, -0.1) is 0 Å². The molecule has 0 unspecified atom stereocenters. The third-order valence-corrected chi connectivity index (χ3v) is 3.45. The van der Waals surface area contributed by atoms with Crippen LogP contribution in [0.1, 0.15) is 16.1 Å². The highest BCUT2D eigenvalue weighted by Gasteiger charge is 2.17. The lowest BCUT2D eigenvalue weighted by Gasteiger charge is -2.16. The van der Waals surface area contributed by atoms with Crippen LogP contribution in [-0.2, 0) is 6.54 Å². The summed E-state index contributed by atoms with van der Waals surface area (Å²) in [6.07, 6.45) is 0. The van der Waals surface area contributed by atoms with Crippen LogP contribution in [-0.4, -0.2) is 22.8 Å². The topological polar surface area (TPSA) is 59.2 Å². The predicted molar refractivity (Wildman–Crippen MR) is 73.8 cm³/mol. The molecule has 0 fully saturated rings. The van der Waals surface area contributed by atoms with Gasteiger partial charge in [0.15, 0.2) is 0 Å². The molecule has 0 aliphatic heterocycles. The minimum atomic E-state index is -0.237. The van der Waals surface area contributed by atoms with Crippen molar-refractivity contribution < 1.29 is 4.79 Å². The summed E-state index contributed by atoms with van der Waals surface area (Å²) >= 11 is 7.55. The van der Waals surface area contributed by atoms with Gasteiger partial charge in [0, 0.05) is 13.6 Å². The molecule has 6 heteroatoms. The molecule has 2 rings (SSSR count). The Hall–Kier alpha value is -1.59. The van der Waals surface area contributed by atoms with Gasteiger partial charge in [-0.2, -0.15) is 11.3 Å². The number of carbonyl (C=O) groups is 1. The Labute approximate surface area is 114 Å². The van der Waals surface area contributed by atoms with Crippen molar-refractivity contribution in [2.45, 2.75) is 6.54 Å². The first-order valence-electron chi connectivity index (χ1n) is 5.26. The molecule has 0 saturated heterocycles. The van der Waals surface area contributed by atoms with Gasteiger partial charge in [0.2, 0.25) is 0 Å². The van der Waals surface area contributed by atoms with E-state index in [1.54, 1.807) is 35.4 Å². The minimum absolute atomic E-state index is 0.189. The van der Waals surface area contributed by atoms with E-state index < -0.39 is 0 Å². The molecule has 0 radical (unpaired) electrons. The highest BCUT2D eigenvalue weighted by atomic mass is 35.5. The van der Waals surface area contributed by atoms with E-state index in [9.17, 15) is 4.79 Å². The molecule has 0 aromatic carbocycles. The van der Waals surface area contributed by atoms with E-state index in [-0.39, 0.29) is 17.4 Å². The van der Waals surface area contributed by atoms with Crippen LogP contribution in [0.3, 0.4) is 0 Å². The number of halogens is 1. The molecule has 0 atom stereocenters. The normalized spacial score (nSPS) is 10.3. The monoisotopic (exact) mass is 281 g/mol. The van der Waals surface area contributed by atoms with Crippen LogP contribution in [0.5, 0.6) is 0 Å². The lowest BCUT2D eigenvalue weighted by atomic mass is 10.2. The number of nitrogen functional groups attached to an aromatic ring is 1. The fourth-order valence-electron chi connectivity index (χ4n) is 1.52. The maximum Gasteiger partial charge on any atom is 0.274 e. The number of thiophene rings is 1. The Kier molecular flexibility index (Phi) is 3.84. The second-order valence-corrected chi connectivity index (χ2v) is 5.05. The molecular formula is C12H12ClN3OS. The van der Waals surface area contributed by atoms with Crippen LogP contribution in [0.4, 0.5) is 5.82 Å². The van der Waals surface area contributed by atoms with Crippen molar-refractivity contribution in [3.8, 4) is 0 Å². The molecule has 4 nitrogen and oxygen atoms in total. The molecule has 94 valence electrons. The summed E-state index contributed by atoms with van der Waals surface area (Å²) in [5, 5.41) is 4.28. The van der Waals surface area contributed by atoms with E-state index in [4.69, 9.17) is 17.3 Å². The van der Waals surface area contributed by atoms with E-state index in [0.29, 0.717) is 11.6 Å². The second kappa shape index (κ2) is 5.37. The highest BCUT2D eigenvalue weighted by molar-refractivity contribution is 7.07. The van der Waals surface area contributed by atoms with Crippen molar-refractivity contribution in [3.05, 3.63) is 45.2 Å². The number of hydrogen-bond acceptors (Lipinski definition) is 4. The number of pyridine rings is 1. The number of carbonyl (C=O) groups excluding carboxylic acids is 1. The fraction of sp³-hybridized carbons (Fsp3) is 0.167. The van der Waals surface area contributed by atoms with Crippen LogP contribution in [0, 0.1) is 0 Å². The van der Waals surface area contributed by atoms with E-state index in [1.807, 2.05) is 16.8 Å². The Bertz CT molecular complexity index is 556. The van der Waals surface area contributed by atoms with Crippen LogP contribution >= 0.6 is 22.9 Å². The predicted octanol–water partition coefficient (Wildman–Crippen LogP) is 2.65. The summed E-state index contributed by atoms with van der Waals surface area (Å²) in [7, 11) is 1.71. The first kappa shape index (κ1) is 12.9. The second-order valence-electron chi connectivity index (χ2n) is 3.86. The number of hydrogen-bond donors (Lipinski definition) is 1. The largest absolute Gasteiger partial charge is 0.384 e. The van der Waals surface area contributed by atoms with Gasteiger partial charge >= 0.3 is 0 Å². The number of aromatic nitrogens is 1. The average Bonchev–Trinajstić information content (AvgIpc) is 2.84. The van der Waals surface area contributed by atoms with Crippen LogP contribution < -0.4 is 5.73 Å². The maximum atomic E-state index is 12.2. The first-order chi connectivity index (χ1) is 8.58. The zero-order valence-electron chi connectivity index (χ0n) is 9.76. The number of anilines is 1. The zero-order valence-corrected chi connectivity index (χ0v) is 11.3. The summed E-state index contributed by atoms with van der Waals surface area (Å²) in [6.45, 7) is 0.523. The van der Waals surface area contributed by atoms with E-state index in [1.165, 1.54) is 0 Å². The van der Waals surface area contributed by atoms with Crippen LogP contribution in [0.2, 0.25) is 5.02 Å². The van der Waals surface area contributed by atoms with Gasteiger partial charge in [-0.25, -0.2) is 4.98 Å². The molecule has 2 aromatic rings. The summed E-state index contributed by atoms with van der Waals surface area (Å²) in [5.41, 5.74) is 6.83. The lowest BCUT2D eigenvalue weighted by Crippen LogP contribution is -2.27. The molecule has 2 aromatic heterocycles. The molecule has 2 heterocycles. The molecule has 0 aliphatic carbocycles. The van der Waals surface area contributed by atoms with E-state index in [2.05, 4.69) is 4.98 Å². The van der Waals surface area contributed by atoms with Crippen molar-refractivity contribution in [1.29, 1.82) is 0 Å². The molecule has 0 aliphatic rings. The number of rotatable bonds is 3. The van der Waals surface area contributed by atoms with Crippen molar-refractivity contribution in [3.63, 3.8) is 0 Å². The average molecular weight is 282 g/mol. The van der Waals surface area contributed by atoms with E-state index >= 15 is 0 Å². The van der Waals surface area contributed by atoms with E-state index in [0.717, 1.165) is 5.56 Å². The smallest absolute Gasteiger partial charge is 0.274 e. The SMILES string of the molecule is CN(Cc1ccsc1)C(=O)c1nc(N)ccc1Cl. The summed E-state index contributed by atoms with van der Waals surface area (Å²) in [4.78, 5) is 17.7. The number of nitrogens with two attached hydrogens (primary N) is 1. The Balaban J connectivity index is 2.17. The van der Waals surface area contributed by atoms with Crippen LogP contribution in [0.15, 0.2) is 29.0 Å². The third kappa shape index (κ3) is 2.80. The molecule has 2 N–H and O–H groups in total. The Morgan fingerprint density at radius 2 is 2.28 bits per heavy atom.